The summed E-state index contributed by atoms with van der Waals surface area (Å²) >= 11 is 0. The van der Waals surface area contributed by atoms with Gasteiger partial charge in [-0.15, -0.1) is 0 Å². The molecule has 6 nitrogen and oxygen atoms in total. The highest BCUT2D eigenvalue weighted by Gasteiger charge is 2.21. The molecule has 0 aromatic carbocycles. The first kappa shape index (κ1) is 21.7. The van der Waals surface area contributed by atoms with Gasteiger partial charge in [0.2, 0.25) is 0 Å². The molecule has 25 heavy (non-hydrogen) atoms. The molecule has 1 rings (SSSR count). The topological polar surface area (TPSA) is 63.2 Å². The average molecular weight is 356 g/mol. The molecule has 1 aliphatic heterocycles. The van der Waals surface area contributed by atoms with Gasteiger partial charge in [0.05, 0.1) is 12.7 Å². The normalized spacial score (nSPS) is 16.1. The number of nitrogens with one attached hydrogen (secondary N) is 1. The molecular weight excluding hydrogens is 318 g/mol. The summed E-state index contributed by atoms with van der Waals surface area (Å²) in [6.07, 6.45) is 7.23. The number of aliphatic imine (C=N–C) groups is 1. The van der Waals surface area contributed by atoms with Crippen molar-refractivity contribution in [1.29, 1.82) is 0 Å². The Bertz CT molecular complexity index is 380. The highest BCUT2D eigenvalue weighted by Crippen LogP contribution is 2.14. The summed E-state index contributed by atoms with van der Waals surface area (Å²) in [4.78, 5) is 18.4. The van der Waals surface area contributed by atoms with Crippen molar-refractivity contribution in [3.63, 3.8) is 0 Å². The van der Waals surface area contributed by atoms with Gasteiger partial charge in [-0.2, -0.15) is 0 Å². The number of ether oxygens (including phenoxy) is 2. The Kier molecular flexibility index (Phi) is 12.1. The molecule has 0 bridgehead atoms. The number of esters is 1. The van der Waals surface area contributed by atoms with E-state index < -0.39 is 0 Å². The molecule has 0 aromatic heterocycles. The minimum Gasteiger partial charge on any atom is -0.466 e. The molecule has 0 atom stereocenters. The average Bonchev–Trinajstić information content (AvgIpc) is 2.61. The van der Waals surface area contributed by atoms with E-state index in [9.17, 15) is 4.79 Å². The molecule has 1 heterocycles. The summed E-state index contributed by atoms with van der Waals surface area (Å²) in [5, 5.41) is 3.40. The lowest BCUT2D eigenvalue weighted by Gasteiger charge is -2.34. The number of likely N-dealkylation sites (tertiary alicyclic amines) is 1. The summed E-state index contributed by atoms with van der Waals surface area (Å²) < 4.78 is 10.7. The standard InChI is InChI=1S/C19H37N3O3/c1-4-20-19(22-15-12-17(13-16-22)24-5-2)21-14-10-8-7-9-11-18(23)25-6-3/h17H,4-16H2,1-3H3,(H,20,21). The van der Waals surface area contributed by atoms with Crippen molar-refractivity contribution in [3.8, 4) is 0 Å². The quantitative estimate of drug-likeness (QED) is 0.267. The highest BCUT2D eigenvalue weighted by atomic mass is 16.5. The van der Waals surface area contributed by atoms with E-state index in [0.29, 0.717) is 19.1 Å². The van der Waals surface area contributed by atoms with E-state index in [0.717, 1.165) is 77.3 Å². The maximum Gasteiger partial charge on any atom is 0.305 e. The van der Waals surface area contributed by atoms with Crippen molar-refractivity contribution in [2.24, 2.45) is 4.99 Å². The Morgan fingerprint density at radius 1 is 1.08 bits per heavy atom. The van der Waals surface area contributed by atoms with Crippen LogP contribution in [0.3, 0.4) is 0 Å². The van der Waals surface area contributed by atoms with E-state index >= 15 is 0 Å². The molecule has 0 spiro atoms. The van der Waals surface area contributed by atoms with Crippen molar-refractivity contribution >= 4 is 11.9 Å². The van der Waals surface area contributed by atoms with Gasteiger partial charge in [-0.25, -0.2) is 0 Å². The summed E-state index contributed by atoms with van der Waals surface area (Å²) in [6.45, 7) is 11.0. The third-order valence-electron chi connectivity index (χ3n) is 4.33. The predicted molar refractivity (Wildman–Crippen MR) is 102 cm³/mol. The van der Waals surface area contributed by atoms with Gasteiger partial charge in [0, 0.05) is 39.2 Å². The third-order valence-corrected chi connectivity index (χ3v) is 4.33. The summed E-state index contributed by atoms with van der Waals surface area (Å²) in [7, 11) is 0. The van der Waals surface area contributed by atoms with Crippen LogP contribution in [0.5, 0.6) is 0 Å². The first-order chi connectivity index (χ1) is 12.2. The molecule has 0 amide bonds. The van der Waals surface area contributed by atoms with Crippen LogP contribution in [-0.2, 0) is 14.3 Å². The lowest BCUT2D eigenvalue weighted by molar-refractivity contribution is -0.143. The van der Waals surface area contributed by atoms with Crippen LogP contribution in [0.4, 0.5) is 0 Å². The summed E-state index contributed by atoms with van der Waals surface area (Å²) in [5.74, 6) is 0.953. The van der Waals surface area contributed by atoms with E-state index in [-0.39, 0.29) is 5.97 Å². The second-order valence-electron chi connectivity index (χ2n) is 6.35. The summed E-state index contributed by atoms with van der Waals surface area (Å²) in [5.41, 5.74) is 0. The fourth-order valence-corrected chi connectivity index (χ4v) is 3.05. The van der Waals surface area contributed by atoms with Crippen LogP contribution in [0, 0.1) is 0 Å². The number of piperidine rings is 1. The fraction of sp³-hybridized carbons (Fsp3) is 0.895. The van der Waals surface area contributed by atoms with Crippen molar-refractivity contribution in [3.05, 3.63) is 0 Å². The van der Waals surface area contributed by atoms with E-state index in [1.807, 2.05) is 6.92 Å². The molecule has 1 N–H and O–H groups in total. The number of rotatable bonds is 11. The lowest BCUT2D eigenvalue weighted by atomic mass is 10.1. The van der Waals surface area contributed by atoms with E-state index in [4.69, 9.17) is 14.5 Å². The molecule has 146 valence electrons. The van der Waals surface area contributed by atoms with Crippen LogP contribution in [0.1, 0.15) is 65.7 Å². The van der Waals surface area contributed by atoms with Crippen LogP contribution >= 0.6 is 0 Å². The van der Waals surface area contributed by atoms with Crippen LogP contribution in [0.2, 0.25) is 0 Å². The highest BCUT2D eigenvalue weighted by molar-refractivity contribution is 5.80. The maximum atomic E-state index is 11.3. The zero-order chi connectivity index (χ0) is 18.3. The van der Waals surface area contributed by atoms with Gasteiger partial charge in [0.25, 0.3) is 0 Å². The Labute approximate surface area is 153 Å². The van der Waals surface area contributed by atoms with Crippen LogP contribution in [0.15, 0.2) is 4.99 Å². The molecule has 1 saturated heterocycles. The van der Waals surface area contributed by atoms with Crippen LogP contribution in [-0.4, -0.2) is 62.3 Å². The fourth-order valence-electron chi connectivity index (χ4n) is 3.05. The monoisotopic (exact) mass is 355 g/mol. The van der Waals surface area contributed by atoms with E-state index in [1.54, 1.807) is 0 Å². The van der Waals surface area contributed by atoms with Gasteiger partial charge < -0.3 is 19.7 Å². The molecule has 1 aliphatic rings. The van der Waals surface area contributed by atoms with Crippen molar-refractivity contribution in [2.75, 3.05) is 39.4 Å². The maximum absolute atomic E-state index is 11.3. The lowest BCUT2D eigenvalue weighted by Crippen LogP contribution is -2.47. The number of hydrogen-bond acceptors (Lipinski definition) is 4. The number of nitrogens with zero attached hydrogens (tertiary/aromatic N) is 2. The number of unbranched alkanes of at least 4 members (excludes halogenated alkanes) is 3. The Balaban J connectivity index is 2.21. The van der Waals surface area contributed by atoms with Gasteiger partial charge in [0.1, 0.15) is 0 Å². The predicted octanol–water partition coefficient (Wildman–Crippen LogP) is 2.97. The van der Waals surface area contributed by atoms with Crippen molar-refractivity contribution in [2.45, 2.75) is 71.8 Å². The second-order valence-corrected chi connectivity index (χ2v) is 6.35. The number of hydrogen-bond donors (Lipinski definition) is 1. The second kappa shape index (κ2) is 13.9. The number of carbonyl (C=O) groups excluding carboxylic acids is 1. The van der Waals surface area contributed by atoms with E-state index in [2.05, 4.69) is 24.1 Å². The van der Waals surface area contributed by atoms with Gasteiger partial charge in [0.15, 0.2) is 5.96 Å². The SMILES string of the molecule is CCNC(=NCCCCCCC(=O)OCC)N1CCC(OCC)CC1. The molecule has 0 saturated carbocycles. The van der Waals surface area contributed by atoms with E-state index in [1.165, 1.54) is 0 Å². The minimum absolute atomic E-state index is 0.0783. The third kappa shape index (κ3) is 9.68. The minimum atomic E-state index is -0.0783. The Morgan fingerprint density at radius 3 is 2.44 bits per heavy atom. The van der Waals surface area contributed by atoms with Gasteiger partial charge in [-0.05, 0) is 46.5 Å². The smallest absolute Gasteiger partial charge is 0.305 e. The molecule has 0 aromatic rings. The van der Waals surface area contributed by atoms with Crippen LogP contribution < -0.4 is 5.32 Å². The zero-order valence-electron chi connectivity index (χ0n) is 16.4. The summed E-state index contributed by atoms with van der Waals surface area (Å²) in [6, 6.07) is 0. The number of guanidine groups is 1. The molecular formula is C19H37N3O3. The molecule has 0 aliphatic carbocycles. The molecule has 1 fully saturated rings. The Morgan fingerprint density at radius 2 is 1.80 bits per heavy atom. The zero-order valence-corrected chi connectivity index (χ0v) is 16.4. The first-order valence-corrected chi connectivity index (χ1v) is 10.0. The number of carbonyl (C=O) groups is 1. The van der Waals surface area contributed by atoms with Gasteiger partial charge in [-0.3, -0.25) is 9.79 Å². The molecule has 6 heteroatoms. The van der Waals surface area contributed by atoms with Gasteiger partial charge in [-0.1, -0.05) is 12.8 Å². The van der Waals surface area contributed by atoms with Gasteiger partial charge >= 0.3 is 5.97 Å². The van der Waals surface area contributed by atoms with Crippen molar-refractivity contribution in [1.82, 2.24) is 10.2 Å². The van der Waals surface area contributed by atoms with Crippen LogP contribution in [0.25, 0.3) is 0 Å². The molecule has 0 radical (unpaired) electrons. The first-order valence-electron chi connectivity index (χ1n) is 10.0. The molecule has 0 unspecified atom stereocenters. The largest absolute Gasteiger partial charge is 0.466 e. The van der Waals surface area contributed by atoms with Crippen molar-refractivity contribution < 1.29 is 14.3 Å². The Hall–Kier alpha value is -1.30.